The van der Waals surface area contributed by atoms with Crippen molar-refractivity contribution >= 4 is 38.8 Å². The summed E-state index contributed by atoms with van der Waals surface area (Å²) in [4.78, 5) is 15.7. The number of rotatable bonds is 3. The standard InChI is InChI=1S/C43H33NO2/c1-42(2)36-14-8-5-11-30(36)32-21-18-27(24-38(32)42)44(26-17-20-29-34-13-7-10-16-40(34)46-41(45)35(29)23-26)28-19-22-33-31-12-6-9-15-37(31)43(3,4)39(33)25-28/h5-25H,1-4H3. The molecule has 0 fully saturated rings. The highest BCUT2D eigenvalue weighted by Gasteiger charge is 2.37. The average molecular weight is 596 g/mol. The molecule has 3 heteroatoms. The van der Waals surface area contributed by atoms with Crippen LogP contribution in [0.1, 0.15) is 49.9 Å². The van der Waals surface area contributed by atoms with Crippen LogP contribution in [0.5, 0.6) is 0 Å². The molecule has 0 bridgehead atoms. The molecule has 2 aliphatic carbocycles. The minimum Gasteiger partial charge on any atom is -0.422 e. The lowest BCUT2D eigenvalue weighted by molar-refractivity contribution is 0.569. The number of fused-ring (bicyclic) bond motifs is 9. The van der Waals surface area contributed by atoms with Gasteiger partial charge in [0.1, 0.15) is 5.58 Å². The quantitative estimate of drug-likeness (QED) is 0.150. The van der Waals surface area contributed by atoms with Gasteiger partial charge in [0.15, 0.2) is 0 Å². The van der Waals surface area contributed by atoms with Gasteiger partial charge in [0, 0.05) is 38.7 Å². The monoisotopic (exact) mass is 595 g/mol. The molecule has 0 saturated carbocycles. The molecule has 0 aliphatic heterocycles. The summed E-state index contributed by atoms with van der Waals surface area (Å²) in [6.07, 6.45) is 0. The second-order valence-corrected chi connectivity index (χ2v) is 13.8. The second-order valence-electron chi connectivity index (χ2n) is 13.8. The lowest BCUT2D eigenvalue weighted by Crippen LogP contribution is -2.18. The van der Waals surface area contributed by atoms with E-state index in [0.717, 1.165) is 27.8 Å². The fourth-order valence-electron chi connectivity index (χ4n) is 8.12. The maximum atomic E-state index is 13.4. The first-order chi connectivity index (χ1) is 22.2. The maximum absolute atomic E-state index is 13.4. The third-order valence-electron chi connectivity index (χ3n) is 10.5. The van der Waals surface area contributed by atoms with Crippen molar-refractivity contribution in [2.45, 2.75) is 38.5 Å². The molecule has 0 saturated heterocycles. The predicted octanol–water partition coefficient (Wildman–Crippen LogP) is 11.0. The SMILES string of the molecule is CC1(C)c2ccccc2-c2ccc(N(c3ccc4c(c3)C(C)(C)c3ccccc3-4)c3ccc4c(c3)c(=O)oc3ccccc34)cc21. The van der Waals surface area contributed by atoms with Gasteiger partial charge in [0.2, 0.25) is 0 Å². The number of hydrogen-bond donors (Lipinski definition) is 0. The normalized spacial score (nSPS) is 15.0. The highest BCUT2D eigenvalue weighted by atomic mass is 16.4. The Morgan fingerprint density at radius 1 is 0.457 bits per heavy atom. The van der Waals surface area contributed by atoms with Crippen molar-refractivity contribution in [2.75, 3.05) is 4.90 Å². The molecule has 1 aromatic heterocycles. The van der Waals surface area contributed by atoms with Gasteiger partial charge in [-0.3, -0.25) is 0 Å². The van der Waals surface area contributed by atoms with Gasteiger partial charge in [-0.1, -0.05) is 113 Å². The smallest absolute Gasteiger partial charge is 0.344 e. The number of benzene rings is 6. The number of hydrogen-bond acceptors (Lipinski definition) is 3. The van der Waals surface area contributed by atoms with Gasteiger partial charge >= 0.3 is 5.63 Å². The van der Waals surface area contributed by atoms with E-state index in [4.69, 9.17) is 4.42 Å². The van der Waals surface area contributed by atoms with Gasteiger partial charge in [-0.2, -0.15) is 0 Å². The van der Waals surface area contributed by atoms with Crippen molar-refractivity contribution in [3.8, 4) is 22.3 Å². The number of nitrogens with zero attached hydrogens (tertiary/aromatic N) is 1. The third kappa shape index (κ3) is 3.63. The number of anilines is 3. The van der Waals surface area contributed by atoms with E-state index < -0.39 is 0 Å². The zero-order chi connectivity index (χ0) is 31.4. The highest BCUT2D eigenvalue weighted by Crippen LogP contribution is 2.53. The summed E-state index contributed by atoms with van der Waals surface area (Å²) in [5.41, 5.74) is 13.5. The molecule has 6 aromatic carbocycles. The molecular formula is C43H33NO2. The molecule has 9 rings (SSSR count). The van der Waals surface area contributed by atoms with Crippen molar-refractivity contribution in [3.05, 3.63) is 160 Å². The summed E-state index contributed by atoms with van der Waals surface area (Å²) >= 11 is 0. The highest BCUT2D eigenvalue weighted by molar-refractivity contribution is 6.05. The minimum absolute atomic E-state index is 0.140. The van der Waals surface area contributed by atoms with Gasteiger partial charge in [0.05, 0.1) is 5.39 Å². The summed E-state index contributed by atoms with van der Waals surface area (Å²) in [5, 5.41) is 2.40. The Labute approximate surface area is 268 Å². The molecule has 1 heterocycles. The summed E-state index contributed by atoms with van der Waals surface area (Å²) in [6.45, 7) is 9.25. The summed E-state index contributed by atoms with van der Waals surface area (Å²) in [7, 11) is 0. The van der Waals surface area contributed by atoms with Crippen LogP contribution in [0, 0.1) is 0 Å². The second kappa shape index (κ2) is 9.31. The molecule has 0 N–H and O–H groups in total. The third-order valence-corrected chi connectivity index (χ3v) is 10.5. The van der Waals surface area contributed by atoms with Gasteiger partial charge in [-0.15, -0.1) is 0 Å². The molecule has 0 spiro atoms. The van der Waals surface area contributed by atoms with E-state index >= 15 is 0 Å². The number of para-hydroxylation sites is 1. The van der Waals surface area contributed by atoms with Crippen LogP contribution >= 0.6 is 0 Å². The van der Waals surface area contributed by atoms with Crippen LogP contribution in [0.3, 0.4) is 0 Å². The summed E-state index contributed by atoms with van der Waals surface area (Å²) < 4.78 is 5.79. The molecule has 46 heavy (non-hydrogen) atoms. The van der Waals surface area contributed by atoms with Crippen molar-refractivity contribution in [1.29, 1.82) is 0 Å². The van der Waals surface area contributed by atoms with Crippen molar-refractivity contribution in [1.82, 2.24) is 0 Å². The van der Waals surface area contributed by atoms with Crippen LogP contribution in [-0.2, 0) is 10.8 Å². The molecule has 3 nitrogen and oxygen atoms in total. The van der Waals surface area contributed by atoms with E-state index in [-0.39, 0.29) is 16.5 Å². The Balaban J connectivity index is 1.28. The molecule has 0 amide bonds. The zero-order valence-corrected chi connectivity index (χ0v) is 26.4. The molecule has 0 atom stereocenters. The Kier molecular flexibility index (Phi) is 5.45. The van der Waals surface area contributed by atoms with E-state index in [1.165, 1.54) is 44.5 Å². The van der Waals surface area contributed by atoms with Crippen LogP contribution in [0.4, 0.5) is 17.1 Å². The molecule has 222 valence electrons. The largest absolute Gasteiger partial charge is 0.422 e. The van der Waals surface area contributed by atoms with Crippen LogP contribution in [0.25, 0.3) is 44.0 Å². The fraction of sp³-hybridized carbons (Fsp3) is 0.140. The molecule has 7 aromatic rings. The molecule has 0 radical (unpaired) electrons. The van der Waals surface area contributed by atoms with E-state index in [0.29, 0.717) is 11.0 Å². The average Bonchev–Trinajstić information content (AvgIpc) is 3.44. The predicted molar refractivity (Wildman–Crippen MR) is 190 cm³/mol. The molecule has 2 aliphatic rings. The Morgan fingerprint density at radius 3 is 1.54 bits per heavy atom. The fourth-order valence-corrected chi connectivity index (χ4v) is 8.12. The molecule has 0 unspecified atom stereocenters. The van der Waals surface area contributed by atoms with E-state index in [9.17, 15) is 4.79 Å². The van der Waals surface area contributed by atoms with Gasteiger partial charge < -0.3 is 9.32 Å². The summed E-state index contributed by atoms with van der Waals surface area (Å²) in [5.74, 6) is 0. The van der Waals surface area contributed by atoms with E-state index in [1.54, 1.807) is 0 Å². The van der Waals surface area contributed by atoms with Gasteiger partial charge in [0.25, 0.3) is 0 Å². The Morgan fingerprint density at radius 2 is 0.935 bits per heavy atom. The minimum atomic E-state index is -0.327. The van der Waals surface area contributed by atoms with E-state index in [2.05, 4.69) is 130 Å². The van der Waals surface area contributed by atoms with Crippen molar-refractivity contribution in [2.24, 2.45) is 0 Å². The van der Waals surface area contributed by atoms with Crippen LogP contribution in [0.15, 0.2) is 137 Å². The van der Waals surface area contributed by atoms with Crippen LogP contribution < -0.4 is 10.5 Å². The van der Waals surface area contributed by atoms with Crippen molar-refractivity contribution in [3.63, 3.8) is 0 Å². The summed E-state index contributed by atoms with van der Waals surface area (Å²) in [6, 6.07) is 45.1. The lowest BCUT2D eigenvalue weighted by atomic mass is 9.82. The van der Waals surface area contributed by atoms with Crippen LogP contribution in [0.2, 0.25) is 0 Å². The van der Waals surface area contributed by atoms with Crippen molar-refractivity contribution < 1.29 is 4.42 Å². The van der Waals surface area contributed by atoms with E-state index in [1.807, 2.05) is 30.3 Å². The van der Waals surface area contributed by atoms with Gasteiger partial charge in [-0.05, 0) is 87.0 Å². The Bertz CT molecular complexity index is 2360. The Hall–Kier alpha value is -5.41. The first-order valence-corrected chi connectivity index (χ1v) is 16.0. The first kappa shape index (κ1) is 26.9. The first-order valence-electron chi connectivity index (χ1n) is 16.0. The molecular weight excluding hydrogens is 562 g/mol. The lowest BCUT2D eigenvalue weighted by Gasteiger charge is -2.30. The topological polar surface area (TPSA) is 33.5 Å². The maximum Gasteiger partial charge on any atom is 0.344 e. The zero-order valence-electron chi connectivity index (χ0n) is 26.4. The van der Waals surface area contributed by atoms with Gasteiger partial charge in [-0.25, -0.2) is 4.79 Å². The van der Waals surface area contributed by atoms with Crippen LogP contribution in [-0.4, -0.2) is 0 Å².